The second-order valence-corrected chi connectivity index (χ2v) is 5.69. The first kappa shape index (κ1) is 11.4. The Kier molecular flexibility index (Phi) is 3.36. The molecule has 2 nitrogen and oxygen atoms in total. The Bertz CT molecular complexity index is 207. The van der Waals surface area contributed by atoms with Crippen LogP contribution in [0, 0.1) is 5.92 Å². The lowest BCUT2D eigenvalue weighted by atomic mass is 9.85. The molecule has 2 atom stereocenters. The third-order valence-electron chi connectivity index (χ3n) is 4.63. The molecule has 0 aromatic heterocycles. The standard InChI is InChI=1S/C13H26N2/c1-3-13(2,15-8-4-5-9-15)12(14)10-11-6-7-11/h11-12H,3-10,14H2,1-2H3. The van der Waals surface area contributed by atoms with Crippen molar-refractivity contribution in [3.8, 4) is 0 Å². The van der Waals surface area contributed by atoms with Gasteiger partial charge < -0.3 is 5.73 Å². The lowest BCUT2D eigenvalue weighted by Crippen LogP contribution is -2.56. The van der Waals surface area contributed by atoms with Gasteiger partial charge in [-0.05, 0) is 51.6 Å². The molecule has 1 saturated heterocycles. The summed E-state index contributed by atoms with van der Waals surface area (Å²) in [5, 5.41) is 0. The third kappa shape index (κ3) is 2.36. The van der Waals surface area contributed by atoms with Crippen LogP contribution >= 0.6 is 0 Å². The highest BCUT2D eigenvalue weighted by Gasteiger charge is 2.39. The van der Waals surface area contributed by atoms with E-state index >= 15 is 0 Å². The van der Waals surface area contributed by atoms with Gasteiger partial charge in [0.2, 0.25) is 0 Å². The summed E-state index contributed by atoms with van der Waals surface area (Å²) in [6.45, 7) is 7.21. The van der Waals surface area contributed by atoms with E-state index in [-0.39, 0.29) is 5.54 Å². The minimum Gasteiger partial charge on any atom is -0.326 e. The minimum atomic E-state index is 0.263. The van der Waals surface area contributed by atoms with Gasteiger partial charge >= 0.3 is 0 Å². The Labute approximate surface area is 94.2 Å². The van der Waals surface area contributed by atoms with Gasteiger partial charge in [0.05, 0.1) is 0 Å². The maximum absolute atomic E-state index is 6.44. The number of hydrogen-bond donors (Lipinski definition) is 1. The lowest BCUT2D eigenvalue weighted by molar-refractivity contribution is 0.0942. The molecule has 1 aliphatic carbocycles. The van der Waals surface area contributed by atoms with E-state index in [1.54, 1.807) is 0 Å². The number of nitrogens with zero attached hydrogens (tertiary/aromatic N) is 1. The minimum absolute atomic E-state index is 0.263. The molecule has 1 saturated carbocycles. The monoisotopic (exact) mass is 210 g/mol. The number of hydrogen-bond acceptors (Lipinski definition) is 2. The fourth-order valence-electron chi connectivity index (χ4n) is 2.91. The first-order valence-electron chi connectivity index (χ1n) is 6.67. The van der Waals surface area contributed by atoms with E-state index in [0.717, 1.165) is 5.92 Å². The molecule has 0 aromatic rings. The zero-order valence-electron chi connectivity index (χ0n) is 10.3. The van der Waals surface area contributed by atoms with Gasteiger partial charge in [-0.15, -0.1) is 0 Å². The quantitative estimate of drug-likeness (QED) is 0.755. The van der Waals surface area contributed by atoms with Crippen LogP contribution in [0.25, 0.3) is 0 Å². The normalized spacial score (nSPS) is 29.0. The molecule has 2 fully saturated rings. The van der Waals surface area contributed by atoms with Crippen LogP contribution in [0.4, 0.5) is 0 Å². The molecule has 15 heavy (non-hydrogen) atoms. The van der Waals surface area contributed by atoms with Crippen molar-refractivity contribution in [3.05, 3.63) is 0 Å². The molecule has 2 rings (SSSR count). The molecule has 2 heteroatoms. The second kappa shape index (κ2) is 4.42. The molecule has 0 spiro atoms. The van der Waals surface area contributed by atoms with Crippen LogP contribution in [0.3, 0.4) is 0 Å². The van der Waals surface area contributed by atoms with Gasteiger partial charge in [-0.25, -0.2) is 0 Å². The van der Waals surface area contributed by atoms with Gasteiger partial charge in [-0.3, -0.25) is 4.90 Å². The summed E-state index contributed by atoms with van der Waals surface area (Å²) in [4.78, 5) is 2.64. The van der Waals surface area contributed by atoms with E-state index in [0.29, 0.717) is 6.04 Å². The first-order chi connectivity index (χ1) is 7.16. The SMILES string of the molecule is CCC(C)(C(N)CC1CC1)N1CCCC1. The molecule has 0 radical (unpaired) electrons. The van der Waals surface area contributed by atoms with Gasteiger partial charge in [-0.2, -0.15) is 0 Å². The van der Waals surface area contributed by atoms with E-state index in [1.807, 2.05) is 0 Å². The Morgan fingerprint density at radius 3 is 2.40 bits per heavy atom. The molecule has 0 bridgehead atoms. The van der Waals surface area contributed by atoms with E-state index in [9.17, 15) is 0 Å². The molecule has 2 aliphatic rings. The molecule has 2 unspecified atom stereocenters. The summed E-state index contributed by atoms with van der Waals surface area (Å²) in [6, 6.07) is 0.382. The van der Waals surface area contributed by atoms with Crippen LogP contribution in [-0.2, 0) is 0 Å². The maximum Gasteiger partial charge on any atom is 0.0329 e. The highest BCUT2D eigenvalue weighted by Crippen LogP contribution is 2.37. The van der Waals surface area contributed by atoms with Crippen molar-refractivity contribution in [2.45, 2.75) is 64.0 Å². The molecule has 0 aromatic carbocycles. The van der Waals surface area contributed by atoms with Gasteiger partial charge in [0.25, 0.3) is 0 Å². The maximum atomic E-state index is 6.44. The van der Waals surface area contributed by atoms with Crippen LogP contribution in [0.1, 0.15) is 52.4 Å². The zero-order chi connectivity index (χ0) is 10.9. The molecule has 0 amide bonds. The molecular weight excluding hydrogens is 184 g/mol. The summed E-state index contributed by atoms with van der Waals surface area (Å²) in [7, 11) is 0. The predicted molar refractivity (Wildman–Crippen MR) is 64.8 cm³/mol. The van der Waals surface area contributed by atoms with Crippen LogP contribution in [0.15, 0.2) is 0 Å². The Balaban J connectivity index is 1.97. The van der Waals surface area contributed by atoms with E-state index < -0.39 is 0 Å². The lowest BCUT2D eigenvalue weighted by Gasteiger charge is -2.43. The van der Waals surface area contributed by atoms with Gasteiger partial charge in [0.1, 0.15) is 0 Å². The smallest absolute Gasteiger partial charge is 0.0329 e. The second-order valence-electron chi connectivity index (χ2n) is 5.69. The fraction of sp³-hybridized carbons (Fsp3) is 1.00. The summed E-state index contributed by atoms with van der Waals surface area (Å²) < 4.78 is 0. The average Bonchev–Trinajstić information content (AvgIpc) is 2.87. The van der Waals surface area contributed by atoms with Gasteiger partial charge in [0, 0.05) is 11.6 Å². The topological polar surface area (TPSA) is 29.3 Å². The third-order valence-corrected chi connectivity index (χ3v) is 4.63. The van der Waals surface area contributed by atoms with Crippen molar-refractivity contribution in [1.82, 2.24) is 4.90 Å². The average molecular weight is 210 g/mol. The van der Waals surface area contributed by atoms with Gasteiger partial charge in [0.15, 0.2) is 0 Å². The molecule has 1 heterocycles. The summed E-state index contributed by atoms with van der Waals surface area (Å²) in [5.41, 5.74) is 6.70. The van der Waals surface area contributed by atoms with E-state index in [4.69, 9.17) is 5.73 Å². The fourth-order valence-corrected chi connectivity index (χ4v) is 2.91. The molecule has 2 N–H and O–H groups in total. The van der Waals surface area contributed by atoms with Crippen LogP contribution in [0.2, 0.25) is 0 Å². The highest BCUT2D eigenvalue weighted by molar-refractivity contribution is 4.98. The van der Waals surface area contributed by atoms with Crippen molar-refractivity contribution in [3.63, 3.8) is 0 Å². The number of nitrogens with two attached hydrogens (primary N) is 1. The highest BCUT2D eigenvalue weighted by atomic mass is 15.2. The molecular formula is C13H26N2. The Morgan fingerprint density at radius 2 is 1.93 bits per heavy atom. The number of likely N-dealkylation sites (tertiary alicyclic amines) is 1. The van der Waals surface area contributed by atoms with Crippen molar-refractivity contribution < 1.29 is 0 Å². The van der Waals surface area contributed by atoms with Crippen LogP contribution in [0.5, 0.6) is 0 Å². The van der Waals surface area contributed by atoms with E-state index in [1.165, 1.54) is 51.6 Å². The Morgan fingerprint density at radius 1 is 1.33 bits per heavy atom. The molecule has 1 aliphatic heterocycles. The van der Waals surface area contributed by atoms with Crippen molar-refractivity contribution in [2.75, 3.05) is 13.1 Å². The number of rotatable bonds is 5. The van der Waals surface area contributed by atoms with Crippen LogP contribution < -0.4 is 5.73 Å². The van der Waals surface area contributed by atoms with Gasteiger partial charge in [-0.1, -0.05) is 19.8 Å². The van der Waals surface area contributed by atoms with Crippen LogP contribution in [-0.4, -0.2) is 29.6 Å². The summed E-state index contributed by atoms with van der Waals surface area (Å²) >= 11 is 0. The molecule has 88 valence electrons. The summed E-state index contributed by atoms with van der Waals surface area (Å²) in [5.74, 6) is 0.952. The van der Waals surface area contributed by atoms with Crippen molar-refractivity contribution in [1.29, 1.82) is 0 Å². The zero-order valence-corrected chi connectivity index (χ0v) is 10.3. The largest absolute Gasteiger partial charge is 0.326 e. The Hall–Kier alpha value is -0.0800. The summed E-state index contributed by atoms with van der Waals surface area (Å²) in [6.07, 6.45) is 8.03. The van der Waals surface area contributed by atoms with Crippen molar-refractivity contribution in [2.24, 2.45) is 11.7 Å². The predicted octanol–water partition coefficient (Wildman–Crippen LogP) is 2.38. The first-order valence-corrected chi connectivity index (χ1v) is 6.67. The van der Waals surface area contributed by atoms with Crippen molar-refractivity contribution >= 4 is 0 Å². The van der Waals surface area contributed by atoms with E-state index in [2.05, 4.69) is 18.7 Å².